The van der Waals surface area contributed by atoms with Crippen LogP contribution in [0.5, 0.6) is 0 Å². The van der Waals surface area contributed by atoms with Gasteiger partial charge in [-0.15, -0.1) is 0 Å². The van der Waals surface area contributed by atoms with Crippen molar-refractivity contribution in [3.63, 3.8) is 0 Å². The molecule has 0 aliphatic heterocycles. The first-order valence-electron chi connectivity index (χ1n) is 5.65. The topological polar surface area (TPSA) is 37.8 Å². The van der Waals surface area contributed by atoms with Gasteiger partial charge in [0.25, 0.3) is 0 Å². The number of aromatic nitrogens is 2. The Morgan fingerprint density at radius 3 is 2.40 bits per heavy atom. The van der Waals surface area contributed by atoms with Crippen molar-refractivity contribution in [3.8, 4) is 0 Å². The Kier molecular flexibility index (Phi) is 4.06. The fourth-order valence-electron chi connectivity index (χ4n) is 1.31. The van der Waals surface area contributed by atoms with Crippen LogP contribution in [-0.4, -0.2) is 17.0 Å². The van der Waals surface area contributed by atoms with E-state index >= 15 is 0 Å². The van der Waals surface area contributed by atoms with E-state index in [0.29, 0.717) is 11.8 Å². The normalized spacial score (nSPS) is 12.9. The summed E-state index contributed by atoms with van der Waals surface area (Å²) in [6, 6.07) is 2.02. The summed E-state index contributed by atoms with van der Waals surface area (Å²) < 4.78 is 0. The molecule has 1 heterocycles. The van der Waals surface area contributed by atoms with Crippen molar-refractivity contribution in [2.45, 2.75) is 46.0 Å². The van der Waals surface area contributed by atoms with Crippen LogP contribution in [0.3, 0.4) is 0 Å². The molecule has 0 spiro atoms. The van der Waals surface area contributed by atoms with Crippen LogP contribution in [0.2, 0.25) is 0 Å². The van der Waals surface area contributed by atoms with Crippen LogP contribution in [0.1, 0.15) is 57.5 Å². The minimum atomic E-state index is 0.427. The molecule has 0 aliphatic rings. The third-order valence-corrected chi connectivity index (χ3v) is 2.66. The Morgan fingerprint density at radius 1 is 1.27 bits per heavy atom. The first-order chi connectivity index (χ1) is 7.08. The van der Waals surface area contributed by atoms with E-state index in [-0.39, 0.29) is 0 Å². The second-order valence-electron chi connectivity index (χ2n) is 4.25. The third-order valence-electron chi connectivity index (χ3n) is 2.66. The van der Waals surface area contributed by atoms with E-state index in [1.807, 2.05) is 13.1 Å². The van der Waals surface area contributed by atoms with Crippen LogP contribution >= 0.6 is 0 Å². The molecule has 0 saturated heterocycles. The number of hydrogen-bond acceptors (Lipinski definition) is 3. The first-order valence-corrected chi connectivity index (χ1v) is 5.65. The Labute approximate surface area is 92.3 Å². The first kappa shape index (κ1) is 12.0. The van der Waals surface area contributed by atoms with Gasteiger partial charge in [0.2, 0.25) is 0 Å². The van der Waals surface area contributed by atoms with Crippen LogP contribution in [-0.2, 0) is 0 Å². The van der Waals surface area contributed by atoms with E-state index in [4.69, 9.17) is 0 Å². The highest BCUT2D eigenvalue weighted by atomic mass is 15.0. The maximum atomic E-state index is 4.60. The van der Waals surface area contributed by atoms with Crippen molar-refractivity contribution >= 4 is 5.82 Å². The fourth-order valence-corrected chi connectivity index (χ4v) is 1.31. The molecule has 0 radical (unpaired) electrons. The number of nitrogens with one attached hydrogen (secondary N) is 1. The molecule has 0 aromatic carbocycles. The molecule has 0 bridgehead atoms. The molecule has 0 amide bonds. The Balaban J connectivity index is 3.11. The maximum Gasteiger partial charge on any atom is 0.133 e. The Morgan fingerprint density at radius 2 is 1.93 bits per heavy atom. The molecule has 0 fully saturated rings. The molecule has 1 N–H and O–H groups in total. The molecule has 84 valence electrons. The predicted octanol–water partition coefficient (Wildman–Crippen LogP) is 3.16. The SMILES string of the molecule is CCC(C)c1nc(NC)cc(C(C)C)n1. The predicted molar refractivity (Wildman–Crippen MR) is 64.4 cm³/mol. The minimum Gasteiger partial charge on any atom is -0.373 e. The van der Waals surface area contributed by atoms with Crippen molar-refractivity contribution in [1.82, 2.24) is 9.97 Å². The zero-order chi connectivity index (χ0) is 11.4. The quantitative estimate of drug-likeness (QED) is 0.824. The zero-order valence-electron chi connectivity index (χ0n) is 10.3. The molecular formula is C12H21N3. The fraction of sp³-hybridized carbons (Fsp3) is 0.667. The second-order valence-corrected chi connectivity index (χ2v) is 4.25. The molecule has 1 aromatic heterocycles. The van der Waals surface area contributed by atoms with Crippen molar-refractivity contribution < 1.29 is 0 Å². The minimum absolute atomic E-state index is 0.427. The number of nitrogens with zero attached hydrogens (tertiary/aromatic N) is 2. The molecular weight excluding hydrogens is 186 g/mol. The highest BCUT2D eigenvalue weighted by molar-refractivity contribution is 5.36. The van der Waals surface area contributed by atoms with Gasteiger partial charge in [0, 0.05) is 24.7 Å². The molecule has 1 aromatic rings. The summed E-state index contributed by atoms with van der Waals surface area (Å²) in [4.78, 5) is 9.08. The Bertz CT molecular complexity index is 321. The van der Waals surface area contributed by atoms with Crippen LogP contribution in [0.4, 0.5) is 5.82 Å². The monoisotopic (exact) mass is 207 g/mol. The van der Waals surface area contributed by atoms with E-state index in [1.54, 1.807) is 0 Å². The standard InChI is InChI=1S/C12H21N3/c1-6-9(4)12-14-10(8(2)3)7-11(13-5)15-12/h7-9H,6H2,1-5H3,(H,13,14,15). The maximum absolute atomic E-state index is 4.60. The van der Waals surface area contributed by atoms with Gasteiger partial charge in [-0.3, -0.25) is 0 Å². The highest BCUT2D eigenvalue weighted by Gasteiger charge is 2.11. The van der Waals surface area contributed by atoms with Gasteiger partial charge in [-0.25, -0.2) is 9.97 Å². The summed E-state index contributed by atoms with van der Waals surface area (Å²) in [5, 5.41) is 3.09. The highest BCUT2D eigenvalue weighted by Crippen LogP contribution is 2.20. The lowest BCUT2D eigenvalue weighted by Gasteiger charge is -2.13. The van der Waals surface area contributed by atoms with Gasteiger partial charge in [-0.05, 0) is 12.3 Å². The molecule has 1 unspecified atom stereocenters. The van der Waals surface area contributed by atoms with E-state index in [0.717, 1.165) is 23.8 Å². The third kappa shape index (κ3) is 2.91. The van der Waals surface area contributed by atoms with Gasteiger partial charge in [-0.1, -0.05) is 27.7 Å². The van der Waals surface area contributed by atoms with Gasteiger partial charge in [-0.2, -0.15) is 0 Å². The molecule has 3 heteroatoms. The van der Waals surface area contributed by atoms with E-state index < -0.39 is 0 Å². The lowest BCUT2D eigenvalue weighted by atomic mass is 10.1. The lowest BCUT2D eigenvalue weighted by molar-refractivity contribution is 0.663. The summed E-state index contributed by atoms with van der Waals surface area (Å²) in [5.74, 6) is 2.75. The Hall–Kier alpha value is -1.12. The zero-order valence-corrected chi connectivity index (χ0v) is 10.3. The van der Waals surface area contributed by atoms with Gasteiger partial charge >= 0.3 is 0 Å². The van der Waals surface area contributed by atoms with Crippen molar-refractivity contribution in [2.75, 3.05) is 12.4 Å². The van der Waals surface area contributed by atoms with Crippen LogP contribution < -0.4 is 5.32 Å². The largest absolute Gasteiger partial charge is 0.373 e. The van der Waals surface area contributed by atoms with Gasteiger partial charge in [0.1, 0.15) is 11.6 Å². The van der Waals surface area contributed by atoms with E-state index in [1.165, 1.54) is 0 Å². The summed E-state index contributed by atoms with van der Waals surface area (Å²) >= 11 is 0. The van der Waals surface area contributed by atoms with Crippen LogP contribution in [0.15, 0.2) is 6.07 Å². The molecule has 0 aliphatic carbocycles. The van der Waals surface area contributed by atoms with Crippen LogP contribution in [0.25, 0.3) is 0 Å². The van der Waals surface area contributed by atoms with Crippen molar-refractivity contribution in [1.29, 1.82) is 0 Å². The van der Waals surface area contributed by atoms with E-state index in [9.17, 15) is 0 Å². The summed E-state index contributed by atoms with van der Waals surface area (Å²) in [6.45, 7) is 8.64. The number of anilines is 1. The van der Waals surface area contributed by atoms with E-state index in [2.05, 4.69) is 43.0 Å². The van der Waals surface area contributed by atoms with Gasteiger partial charge in [0.15, 0.2) is 0 Å². The summed E-state index contributed by atoms with van der Waals surface area (Å²) in [5.41, 5.74) is 1.12. The smallest absolute Gasteiger partial charge is 0.133 e. The average molecular weight is 207 g/mol. The van der Waals surface area contributed by atoms with Crippen molar-refractivity contribution in [3.05, 3.63) is 17.6 Å². The van der Waals surface area contributed by atoms with Gasteiger partial charge in [0.05, 0.1) is 0 Å². The van der Waals surface area contributed by atoms with Crippen LogP contribution in [0, 0.1) is 0 Å². The number of rotatable bonds is 4. The number of hydrogen-bond donors (Lipinski definition) is 1. The van der Waals surface area contributed by atoms with Crippen molar-refractivity contribution in [2.24, 2.45) is 0 Å². The second kappa shape index (κ2) is 5.10. The molecule has 1 rings (SSSR count). The average Bonchev–Trinajstić information content (AvgIpc) is 2.27. The summed E-state index contributed by atoms with van der Waals surface area (Å²) in [6.07, 6.45) is 1.07. The molecule has 15 heavy (non-hydrogen) atoms. The molecule has 3 nitrogen and oxygen atoms in total. The lowest BCUT2D eigenvalue weighted by Crippen LogP contribution is -2.07. The summed E-state index contributed by atoms with van der Waals surface area (Å²) in [7, 11) is 1.90. The van der Waals surface area contributed by atoms with Gasteiger partial charge < -0.3 is 5.32 Å². The molecule has 0 saturated carbocycles. The molecule has 1 atom stereocenters.